The molecule has 0 aliphatic rings. The van der Waals surface area contributed by atoms with Gasteiger partial charge in [-0.3, -0.25) is 9.59 Å². The maximum Gasteiger partial charge on any atom is 0.221 e. The van der Waals surface area contributed by atoms with Crippen LogP contribution in [-0.2, 0) is 9.59 Å². The molecule has 0 radical (unpaired) electrons. The highest BCUT2D eigenvalue weighted by molar-refractivity contribution is 5.89. The van der Waals surface area contributed by atoms with Gasteiger partial charge in [-0.05, 0) is 43.5 Å². The molecule has 0 bridgehead atoms. The molecule has 0 atom stereocenters. The number of unbranched alkanes of at least 4 members (excludes halogenated alkanes) is 2. The van der Waals surface area contributed by atoms with Gasteiger partial charge in [0.15, 0.2) is 0 Å². The quantitative estimate of drug-likeness (QED) is 0.614. The maximum absolute atomic E-state index is 11.1. The number of ether oxygens (including phenoxy) is 2. The SMILES string of the molecule is CC(=O)Nc1cccc(OCCCCCOc2cccc(NC(C)=O)c2)c1. The molecule has 2 N–H and O–H groups in total. The van der Waals surface area contributed by atoms with E-state index in [-0.39, 0.29) is 11.8 Å². The van der Waals surface area contributed by atoms with Crippen LogP contribution in [0, 0.1) is 0 Å². The first-order valence-electron chi connectivity index (χ1n) is 9.04. The maximum atomic E-state index is 11.1. The zero-order chi connectivity index (χ0) is 19.5. The van der Waals surface area contributed by atoms with Crippen LogP contribution in [0.5, 0.6) is 11.5 Å². The van der Waals surface area contributed by atoms with Crippen molar-refractivity contribution < 1.29 is 19.1 Å². The van der Waals surface area contributed by atoms with Crippen molar-refractivity contribution in [3.05, 3.63) is 48.5 Å². The molecule has 6 nitrogen and oxygen atoms in total. The number of carbonyl (C=O) groups is 2. The molecule has 2 aromatic rings. The minimum absolute atomic E-state index is 0.102. The van der Waals surface area contributed by atoms with E-state index in [1.165, 1.54) is 13.8 Å². The Hall–Kier alpha value is -3.02. The van der Waals surface area contributed by atoms with Crippen molar-refractivity contribution in [3.63, 3.8) is 0 Å². The summed E-state index contributed by atoms with van der Waals surface area (Å²) >= 11 is 0. The van der Waals surface area contributed by atoms with Crippen molar-refractivity contribution in [2.45, 2.75) is 33.1 Å². The van der Waals surface area contributed by atoms with Crippen LogP contribution in [-0.4, -0.2) is 25.0 Å². The van der Waals surface area contributed by atoms with Crippen LogP contribution in [0.2, 0.25) is 0 Å². The van der Waals surface area contributed by atoms with Crippen molar-refractivity contribution in [2.75, 3.05) is 23.8 Å². The predicted octanol–water partition coefficient (Wildman–Crippen LogP) is 4.23. The highest BCUT2D eigenvalue weighted by Gasteiger charge is 2.00. The number of amides is 2. The summed E-state index contributed by atoms with van der Waals surface area (Å²) in [4.78, 5) is 22.1. The summed E-state index contributed by atoms with van der Waals surface area (Å²) < 4.78 is 11.4. The number of benzene rings is 2. The number of nitrogens with one attached hydrogen (secondary N) is 2. The molecular weight excluding hydrogens is 344 g/mol. The Bertz CT molecular complexity index is 698. The van der Waals surface area contributed by atoms with Crippen LogP contribution in [0.4, 0.5) is 11.4 Å². The smallest absolute Gasteiger partial charge is 0.221 e. The lowest BCUT2D eigenvalue weighted by molar-refractivity contribution is -0.115. The normalized spacial score (nSPS) is 10.1. The number of carbonyl (C=O) groups excluding carboxylic acids is 2. The molecule has 6 heteroatoms. The fourth-order valence-corrected chi connectivity index (χ4v) is 2.49. The Kier molecular flexibility index (Phi) is 8.16. The summed E-state index contributed by atoms with van der Waals surface area (Å²) in [6.45, 7) is 4.18. The molecule has 0 unspecified atom stereocenters. The van der Waals surface area contributed by atoms with Gasteiger partial charge in [0.05, 0.1) is 13.2 Å². The third kappa shape index (κ3) is 8.27. The Morgan fingerprint density at radius 2 is 1.19 bits per heavy atom. The molecule has 0 heterocycles. The van der Waals surface area contributed by atoms with Gasteiger partial charge in [0.1, 0.15) is 11.5 Å². The highest BCUT2D eigenvalue weighted by Crippen LogP contribution is 2.19. The Balaban J connectivity index is 1.61. The molecule has 2 rings (SSSR count). The van der Waals surface area contributed by atoms with E-state index in [1.54, 1.807) is 0 Å². The summed E-state index contributed by atoms with van der Waals surface area (Å²) in [6.07, 6.45) is 2.82. The second-order valence-electron chi connectivity index (χ2n) is 6.18. The first kappa shape index (κ1) is 20.3. The Morgan fingerprint density at radius 1 is 0.741 bits per heavy atom. The number of hydrogen-bond donors (Lipinski definition) is 2. The van der Waals surface area contributed by atoms with Crippen LogP contribution in [0.15, 0.2) is 48.5 Å². The average molecular weight is 370 g/mol. The average Bonchev–Trinajstić information content (AvgIpc) is 2.60. The standard InChI is InChI=1S/C21H26N2O4/c1-16(24)22-18-8-6-10-20(14-18)26-12-4-3-5-13-27-21-11-7-9-19(15-21)23-17(2)25/h6-11,14-15H,3-5,12-13H2,1-2H3,(H,22,24)(H,23,25). The predicted molar refractivity (Wildman–Crippen MR) is 106 cm³/mol. The van der Waals surface area contributed by atoms with Crippen molar-refractivity contribution in [1.82, 2.24) is 0 Å². The molecule has 0 saturated heterocycles. The Labute approximate surface area is 159 Å². The van der Waals surface area contributed by atoms with Gasteiger partial charge >= 0.3 is 0 Å². The zero-order valence-electron chi connectivity index (χ0n) is 15.8. The van der Waals surface area contributed by atoms with Crippen LogP contribution < -0.4 is 20.1 Å². The van der Waals surface area contributed by atoms with Gasteiger partial charge in [-0.25, -0.2) is 0 Å². The van der Waals surface area contributed by atoms with Gasteiger partial charge in [0.2, 0.25) is 11.8 Å². The molecule has 0 spiro atoms. The van der Waals surface area contributed by atoms with E-state index in [1.807, 2.05) is 48.5 Å². The van der Waals surface area contributed by atoms with E-state index >= 15 is 0 Å². The summed E-state index contributed by atoms with van der Waals surface area (Å²) in [7, 11) is 0. The summed E-state index contributed by atoms with van der Waals surface area (Å²) in [5.74, 6) is 1.28. The molecule has 0 fully saturated rings. The van der Waals surface area contributed by atoms with Crippen LogP contribution in [0.25, 0.3) is 0 Å². The van der Waals surface area contributed by atoms with E-state index < -0.39 is 0 Å². The van der Waals surface area contributed by atoms with Gasteiger partial charge in [-0.2, -0.15) is 0 Å². The first-order chi connectivity index (χ1) is 13.0. The Morgan fingerprint density at radius 3 is 1.59 bits per heavy atom. The zero-order valence-corrected chi connectivity index (χ0v) is 15.8. The van der Waals surface area contributed by atoms with Crippen LogP contribution >= 0.6 is 0 Å². The summed E-state index contributed by atoms with van der Waals surface area (Å²) in [5.41, 5.74) is 1.46. The van der Waals surface area contributed by atoms with E-state index in [9.17, 15) is 9.59 Å². The van der Waals surface area contributed by atoms with Gasteiger partial charge in [-0.1, -0.05) is 12.1 Å². The van der Waals surface area contributed by atoms with Crippen LogP contribution in [0.1, 0.15) is 33.1 Å². The van der Waals surface area contributed by atoms with Crippen LogP contribution in [0.3, 0.4) is 0 Å². The second kappa shape index (κ2) is 10.9. The summed E-state index contributed by atoms with van der Waals surface area (Å²) in [5, 5.41) is 5.47. The molecule has 0 aliphatic carbocycles. The lowest BCUT2D eigenvalue weighted by Gasteiger charge is -2.09. The van der Waals surface area contributed by atoms with Gasteiger partial charge in [0.25, 0.3) is 0 Å². The second-order valence-corrected chi connectivity index (χ2v) is 6.18. The highest BCUT2D eigenvalue weighted by atomic mass is 16.5. The van der Waals surface area contributed by atoms with E-state index in [0.29, 0.717) is 13.2 Å². The van der Waals surface area contributed by atoms with E-state index in [2.05, 4.69) is 10.6 Å². The molecule has 27 heavy (non-hydrogen) atoms. The number of hydrogen-bond acceptors (Lipinski definition) is 4. The van der Waals surface area contributed by atoms with Gasteiger partial charge in [0, 0.05) is 37.4 Å². The van der Waals surface area contributed by atoms with Crippen molar-refractivity contribution in [1.29, 1.82) is 0 Å². The molecule has 144 valence electrons. The third-order valence-electron chi connectivity index (χ3n) is 3.63. The fraction of sp³-hybridized carbons (Fsp3) is 0.333. The fourth-order valence-electron chi connectivity index (χ4n) is 2.49. The van der Waals surface area contributed by atoms with Gasteiger partial charge in [-0.15, -0.1) is 0 Å². The molecule has 2 aromatic carbocycles. The molecule has 0 aromatic heterocycles. The molecule has 0 aliphatic heterocycles. The van der Waals surface area contributed by atoms with Crippen molar-refractivity contribution >= 4 is 23.2 Å². The summed E-state index contributed by atoms with van der Waals surface area (Å²) in [6, 6.07) is 14.7. The number of anilines is 2. The first-order valence-corrected chi connectivity index (χ1v) is 9.04. The number of rotatable bonds is 10. The monoisotopic (exact) mass is 370 g/mol. The minimum Gasteiger partial charge on any atom is -0.494 e. The van der Waals surface area contributed by atoms with Crippen molar-refractivity contribution in [2.24, 2.45) is 0 Å². The van der Waals surface area contributed by atoms with E-state index in [0.717, 1.165) is 42.1 Å². The largest absolute Gasteiger partial charge is 0.494 e. The molecule has 2 amide bonds. The lowest BCUT2D eigenvalue weighted by Crippen LogP contribution is -2.06. The minimum atomic E-state index is -0.102. The lowest BCUT2D eigenvalue weighted by atomic mass is 10.2. The molecular formula is C21H26N2O4. The third-order valence-corrected chi connectivity index (χ3v) is 3.63. The molecule has 0 saturated carbocycles. The van der Waals surface area contributed by atoms with Gasteiger partial charge < -0.3 is 20.1 Å². The van der Waals surface area contributed by atoms with E-state index in [4.69, 9.17) is 9.47 Å². The van der Waals surface area contributed by atoms with Crippen molar-refractivity contribution in [3.8, 4) is 11.5 Å². The topological polar surface area (TPSA) is 76.7 Å².